The van der Waals surface area contributed by atoms with Crippen molar-refractivity contribution in [2.45, 2.75) is 49.5 Å². The maximum Gasteiger partial charge on any atom is 0.234 e. The molecule has 0 bridgehead atoms. The van der Waals surface area contributed by atoms with Crippen LogP contribution in [0.1, 0.15) is 36.6 Å². The van der Waals surface area contributed by atoms with E-state index in [2.05, 4.69) is 9.98 Å². The lowest BCUT2D eigenvalue weighted by atomic mass is 10.1. The molecule has 2 aromatic heterocycles. The molecule has 170 valence electrons. The molecule has 6 atom stereocenters. The molecular formula is C22H24N2O8. The van der Waals surface area contributed by atoms with Gasteiger partial charge in [0.15, 0.2) is 0 Å². The molecule has 4 rings (SSSR count). The summed E-state index contributed by atoms with van der Waals surface area (Å²) < 4.78 is 35.5. The fraction of sp³-hybridized carbons (Fsp3) is 0.545. The Hall–Kier alpha value is -2.84. The minimum Gasteiger partial charge on any atom is -0.467 e. The summed E-state index contributed by atoms with van der Waals surface area (Å²) in [6.07, 6.45) is 5.10. The molecule has 10 heteroatoms. The highest BCUT2D eigenvalue weighted by Crippen LogP contribution is 2.36. The molecule has 0 radical (unpaired) electrons. The third-order valence-electron chi connectivity index (χ3n) is 5.50. The summed E-state index contributed by atoms with van der Waals surface area (Å²) >= 11 is 0. The van der Waals surface area contributed by atoms with Crippen LogP contribution in [-0.2, 0) is 28.5 Å². The number of nitrogens with zero attached hydrogens (tertiary/aromatic N) is 2. The zero-order chi connectivity index (χ0) is 22.2. The van der Waals surface area contributed by atoms with Gasteiger partial charge in [-0.05, 0) is 24.3 Å². The maximum absolute atomic E-state index is 10.4. The smallest absolute Gasteiger partial charge is 0.234 e. The van der Waals surface area contributed by atoms with E-state index >= 15 is 0 Å². The lowest BCUT2D eigenvalue weighted by Gasteiger charge is -2.23. The highest BCUT2D eigenvalue weighted by Gasteiger charge is 2.50. The highest BCUT2D eigenvalue weighted by atomic mass is 16.6. The van der Waals surface area contributed by atoms with Gasteiger partial charge in [-0.2, -0.15) is 0 Å². The lowest BCUT2D eigenvalue weighted by Crippen LogP contribution is -2.35. The minimum absolute atomic E-state index is 0.275. The largest absolute Gasteiger partial charge is 0.467 e. The van der Waals surface area contributed by atoms with Gasteiger partial charge in [-0.25, -0.2) is 19.6 Å². The molecule has 4 unspecified atom stereocenters. The van der Waals surface area contributed by atoms with Crippen LogP contribution in [-0.4, -0.2) is 62.9 Å². The fourth-order valence-electron chi connectivity index (χ4n) is 4.04. The number of hydrogen-bond acceptors (Lipinski definition) is 10. The number of furan rings is 2. The molecule has 0 saturated carbocycles. The van der Waals surface area contributed by atoms with Gasteiger partial charge in [-0.15, -0.1) is 0 Å². The summed E-state index contributed by atoms with van der Waals surface area (Å²) in [4.78, 5) is 28.1. The van der Waals surface area contributed by atoms with Gasteiger partial charge < -0.3 is 27.8 Å². The molecule has 0 N–H and O–H groups in total. The van der Waals surface area contributed by atoms with Crippen molar-refractivity contribution in [1.29, 1.82) is 0 Å². The Balaban J connectivity index is 1.38. The predicted octanol–water partition coefficient (Wildman–Crippen LogP) is 2.67. The number of aliphatic imine (C=N–C) groups is 2. The molecule has 0 amide bonds. The molecule has 2 aliphatic heterocycles. The van der Waals surface area contributed by atoms with E-state index < -0.39 is 12.2 Å². The minimum atomic E-state index is -0.393. The standard InChI is InChI=1S/C22H24N2O8/c25-13-23-7-5-17(15-3-1-9-27-15)31-19-11-29-22-20(12-30-21(19)22)32-18(6-8-24-14-26)16-4-2-10-28-16/h1-4,9-10,17-22H,5-8,11-12H2/t17?,18?,19-,20-,21?,22?/m0/s1. The molecule has 4 heterocycles. The summed E-state index contributed by atoms with van der Waals surface area (Å²) in [5.41, 5.74) is 0. The first-order valence-electron chi connectivity index (χ1n) is 10.5. The Bertz CT molecular complexity index is 842. The quantitative estimate of drug-likeness (QED) is 0.362. The van der Waals surface area contributed by atoms with Gasteiger partial charge >= 0.3 is 0 Å². The molecule has 10 nitrogen and oxygen atoms in total. The van der Waals surface area contributed by atoms with Crippen molar-refractivity contribution in [3.63, 3.8) is 0 Å². The van der Waals surface area contributed by atoms with Gasteiger partial charge in [0.05, 0.1) is 38.8 Å². The molecule has 0 aromatic carbocycles. The second-order valence-electron chi connectivity index (χ2n) is 7.48. The maximum atomic E-state index is 10.4. The molecule has 2 fully saturated rings. The Labute approximate surface area is 184 Å². The van der Waals surface area contributed by atoms with E-state index in [0.717, 1.165) is 0 Å². The van der Waals surface area contributed by atoms with Gasteiger partial charge in [-0.3, -0.25) is 0 Å². The summed E-state index contributed by atoms with van der Waals surface area (Å²) in [5.74, 6) is 1.29. The Morgan fingerprint density at radius 1 is 0.844 bits per heavy atom. The summed E-state index contributed by atoms with van der Waals surface area (Å²) in [7, 11) is 0. The van der Waals surface area contributed by atoms with E-state index in [-0.39, 0.29) is 37.5 Å². The first-order valence-corrected chi connectivity index (χ1v) is 10.5. The van der Waals surface area contributed by atoms with Crippen molar-refractivity contribution in [2.24, 2.45) is 9.98 Å². The van der Waals surface area contributed by atoms with Gasteiger partial charge in [0.25, 0.3) is 0 Å². The van der Waals surface area contributed by atoms with Gasteiger partial charge in [-0.1, -0.05) is 0 Å². The number of rotatable bonds is 12. The van der Waals surface area contributed by atoms with Crippen LogP contribution < -0.4 is 0 Å². The van der Waals surface area contributed by atoms with Crippen LogP contribution in [0.15, 0.2) is 55.6 Å². The van der Waals surface area contributed by atoms with Crippen LogP contribution in [0.3, 0.4) is 0 Å². The van der Waals surface area contributed by atoms with Crippen molar-refractivity contribution in [2.75, 3.05) is 26.3 Å². The molecule has 2 aliphatic rings. The third-order valence-corrected chi connectivity index (χ3v) is 5.50. The highest BCUT2D eigenvalue weighted by molar-refractivity contribution is 5.33. The molecule has 32 heavy (non-hydrogen) atoms. The third kappa shape index (κ3) is 5.31. The monoisotopic (exact) mass is 444 g/mol. The molecule has 0 aliphatic carbocycles. The van der Waals surface area contributed by atoms with Crippen molar-refractivity contribution < 1.29 is 37.4 Å². The van der Waals surface area contributed by atoms with E-state index in [0.29, 0.717) is 37.6 Å². The van der Waals surface area contributed by atoms with E-state index in [1.807, 2.05) is 12.1 Å². The Morgan fingerprint density at radius 3 is 1.69 bits per heavy atom. The summed E-state index contributed by atoms with van der Waals surface area (Å²) in [6, 6.07) is 7.20. The number of hydrogen-bond donors (Lipinski definition) is 0. The van der Waals surface area contributed by atoms with Gasteiger partial charge in [0.2, 0.25) is 12.2 Å². The number of ether oxygens (including phenoxy) is 4. The first kappa shape index (κ1) is 22.4. The van der Waals surface area contributed by atoms with Crippen molar-refractivity contribution >= 4 is 12.2 Å². The van der Waals surface area contributed by atoms with E-state index in [9.17, 15) is 9.59 Å². The van der Waals surface area contributed by atoms with Gasteiger partial charge in [0, 0.05) is 12.8 Å². The fourth-order valence-corrected chi connectivity index (χ4v) is 4.04. The average Bonchev–Trinajstić information content (AvgIpc) is 3.60. The van der Waals surface area contributed by atoms with Crippen molar-refractivity contribution in [3.8, 4) is 0 Å². The zero-order valence-electron chi connectivity index (χ0n) is 17.3. The predicted molar refractivity (Wildman–Crippen MR) is 107 cm³/mol. The number of fused-ring (bicyclic) bond motifs is 1. The van der Waals surface area contributed by atoms with E-state index in [1.54, 1.807) is 24.7 Å². The van der Waals surface area contributed by atoms with E-state index in [4.69, 9.17) is 27.8 Å². The topological polar surface area (TPSA) is 122 Å². The van der Waals surface area contributed by atoms with Crippen molar-refractivity contribution in [3.05, 3.63) is 48.3 Å². The normalized spacial score (nSPS) is 26.1. The SMILES string of the molecule is O=C=NCCC(O[C@H]1COC2C1OC[C@@H]2OC(CCN=C=O)c1ccco1)c1ccco1. The van der Waals surface area contributed by atoms with Gasteiger partial charge in [0.1, 0.15) is 48.1 Å². The zero-order valence-corrected chi connectivity index (χ0v) is 17.3. The second-order valence-corrected chi connectivity index (χ2v) is 7.48. The number of carbonyl (C=O) groups excluding carboxylic acids is 2. The number of isocyanates is 2. The summed E-state index contributed by atoms with van der Waals surface area (Å²) in [6.45, 7) is 1.23. The van der Waals surface area contributed by atoms with Crippen LogP contribution in [0, 0.1) is 0 Å². The molecule has 2 aromatic rings. The van der Waals surface area contributed by atoms with Crippen LogP contribution in [0.4, 0.5) is 0 Å². The molecule has 2 saturated heterocycles. The Kier molecular flexibility index (Phi) is 7.79. The second kappa shape index (κ2) is 11.2. The Morgan fingerprint density at radius 2 is 1.31 bits per heavy atom. The molecular weight excluding hydrogens is 420 g/mol. The van der Waals surface area contributed by atoms with Crippen molar-refractivity contribution in [1.82, 2.24) is 0 Å². The van der Waals surface area contributed by atoms with Crippen LogP contribution >= 0.6 is 0 Å². The van der Waals surface area contributed by atoms with Crippen LogP contribution in [0.25, 0.3) is 0 Å². The van der Waals surface area contributed by atoms with E-state index in [1.165, 1.54) is 12.2 Å². The average molecular weight is 444 g/mol. The molecule has 0 spiro atoms. The lowest BCUT2D eigenvalue weighted by molar-refractivity contribution is -0.0954. The van der Waals surface area contributed by atoms with Crippen LogP contribution in [0.2, 0.25) is 0 Å². The summed E-state index contributed by atoms with van der Waals surface area (Å²) in [5, 5.41) is 0. The van der Waals surface area contributed by atoms with Crippen LogP contribution in [0.5, 0.6) is 0 Å². The first-order chi connectivity index (χ1) is 15.8.